The number of hydrogen-bond acceptors (Lipinski definition) is 3. The molecule has 1 atom stereocenters. The minimum absolute atomic E-state index is 0.0288. The minimum Gasteiger partial charge on any atom is -0.347 e. The number of benzene rings is 1. The predicted octanol–water partition coefficient (Wildman–Crippen LogP) is 3.73. The van der Waals surface area contributed by atoms with E-state index in [0.717, 1.165) is 17.5 Å². The molecule has 2 heterocycles. The van der Waals surface area contributed by atoms with Crippen LogP contribution in [-0.2, 0) is 0 Å². The van der Waals surface area contributed by atoms with Crippen molar-refractivity contribution in [3.05, 3.63) is 65.2 Å². The number of pyridine rings is 1. The summed E-state index contributed by atoms with van der Waals surface area (Å²) in [4.78, 5) is 29.8. The van der Waals surface area contributed by atoms with Crippen LogP contribution in [0.4, 0.5) is 5.69 Å². The highest BCUT2D eigenvalue weighted by Gasteiger charge is 2.22. The fourth-order valence-electron chi connectivity index (χ4n) is 2.99. The van der Waals surface area contributed by atoms with Gasteiger partial charge in [-0.2, -0.15) is 0 Å². The Morgan fingerprint density at radius 2 is 1.81 bits per heavy atom. The quantitative estimate of drug-likeness (QED) is 0.724. The molecular formula is C21H24N4O2. The molecule has 2 aromatic heterocycles. The van der Waals surface area contributed by atoms with Crippen LogP contribution in [0.5, 0.6) is 0 Å². The molecule has 0 saturated heterocycles. The van der Waals surface area contributed by atoms with E-state index in [2.05, 4.69) is 15.6 Å². The van der Waals surface area contributed by atoms with E-state index in [1.54, 1.807) is 22.7 Å². The molecule has 0 radical (unpaired) electrons. The molecule has 0 spiro atoms. The van der Waals surface area contributed by atoms with E-state index in [9.17, 15) is 9.59 Å². The summed E-state index contributed by atoms with van der Waals surface area (Å²) in [6.07, 6.45) is 2.55. The molecule has 2 amide bonds. The Hall–Kier alpha value is -3.15. The van der Waals surface area contributed by atoms with Gasteiger partial charge in [-0.05, 0) is 62.6 Å². The van der Waals surface area contributed by atoms with Crippen molar-refractivity contribution >= 4 is 23.0 Å². The zero-order valence-electron chi connectivity index (χ0n) is 16.0. The van der Waals surface area contributed by atoms with Crippen LogP contribution in [0.25, 0.3) is 5.52 Å². The maximum Gasteiger partial charge on any atom is 0.287 e. The third-order valence-corrected chi connectivity index (χ3v) is 4.44. The molecule has 0 aliphatic carbocycles. The fourth-order valence-corrected chi connectivity index (χ4v) is 2.99. The number of rotatable bonds is 5. The van der Waals surface area contributed by atoms with Crippen LogP contribution in [0, 0.1) is 13.8 Å². The number of anilines is 1. The summed E-state index contributed by atoms with van der Waals surface area (Å²) in [5, 5.41) is 5.79. The van der Waals surface area contributed by atoms with E-state index in [0.29, 0.717) is 11.2 Å². The number of imidazole rings is 1. The Balaban J connectivity index is 1.96. The first-order chi connectivity index (χ1) is 12.9. The highest BCUT2D eigenvalue weighted by atomic mass is 16.2. The summed E-state index contributed by atoms with van der Waals surface area (Å²) < 4.78 is 1.65. The van der Waals surface area contributed by atoms with Crippen LogP contribution < -0.4 is 10.6 Å². The largest absolute Gasteiger partial charge is 0.347 e. The van der Waals surface area contributed by atoms with Crippen molar-refractivity contribution in [3.63, 3.8) is 0 Å². The number of nitrogens with zero attached hydrogens (tertiary/aromatic N) is 2. The Labute approximate surface area is 158 Å². The Morgan fingerprint density at radius 1 is 1.11 bits per heavy atom. The molecule has 0 fully saturated rings. The van der Waals surface area contributed by atoms with Crippen LogP contribution in [0.1, 0.15) is 52.5 Å². The standard InChI is InChI=1S/C21H24N4O2/c1-5-15(4)22-21(27)19-24-18(17-8-6-7-9-25(17)19)20(26)23-16-11-13(2)10-14(3)12-16/h6-12,15H,5H2,1-4H3,(H,22,27)(H,23,26). The van der Waals surface area contributed by atoms with Crippen LogP contribution in [0.3, 0.4) is 0 Å². The van der Waals surface area contributed by atoms with Gasteiger partial charge in [0.2, 0.25) is 5.82 Å². The van der Waals surface area contributed by atoms with Gasteiger partial charge in [-0.1, -0.05) is 19.1 Å². The van der Waals surface area contributed by atoms with E-state index in [4.69, 9.17) is 0 Å². The molecule has 140 valence electrons. The van der Waals surface area contributed by atoms with Crippen molar-refractivity contribution in [2.24, 2.45) is 0 Å². The first-order valence-electron chi connectivity index (χ1n) is 9.06. The van der Waals surface area contributed by atoms with Gasteiger partial charge < -0.3 is 10.6 Å². The normalized spacial score (nSPS) is 12.0. The molecule has 3 aromatic rings. The van der Waals surface area contributed by atoms with E-state index in [1.165, 1.54) is 0 Å². The second-order valence-corrected chi connectivity index (χ2v) is 6.85. The van der Waals surface area contributed by atoms with Gasteiger partial charge in [0.15, 0.2) is 5.69 Å². The van der Waals surface area contributed by atoms with E-state index >= 15 is 0 Å². The summed E-state index contributed by atoms with van der Waals surface area (Å²) in [6, 6.07) is 11.3. The number of nitrogens with one attached hydrogen (secondary N) is 2. The zero-order valence-corrected chi connectivity index (χ0v) is 16.0. The molecule has 6 heteroatoms. The first kappa shape index (κ1) is 18.6. The molecule has 0 aliphatic rings. The number of carbonyl (C=O) groups excluding carboxylic acids is 2. The van der Waals surface area contributed by atoms with Crippen LogP contribution in [0.2, 0.25) is 0 Å². The van der Waals surface area contributed by atoms with Crippen molar-refractivity contribution in [1.29, 1.82) is 0 Å². The van der Waals surface area contributed by atoms with Gasteiger partial charge in [-0.3, -0.25) is 14.0 Å². The summed E-state index contributed by atoms with van der Waals surface area (Å²) in [6.45, 7) is 7.89. The number of carbonyl (C=O) groups is 2. The van der Waals surface area contributed by atoms with Gasteiger partial charge in [-0.25, -0.2) is 4.98 Å². The second-order valence-electron chi connectivity index (χ2n) is 6.85. The van der Waals surface area contributed by atoms with Crippen LogP contribution >= 0.6 is 0 Å². The topological polar surface area (TPSA) is 75.5 Å². The Morgan fingerprint density at radius 3 is 2.48 bits per heavy atom. The number of hydrogen-bond donors (Lipinski definition) is 2. The average molecular weight is 364 g/mol. The van der Waals surface area contributed by atoms with Gasteiger partial charge in [0.1, 0.15) is 0 Å². The third-order valence-electron chi connectivity index (χ3n) is 4.44. The summed E-state index contributed by atoms with van der Waals surface area (Å²) in [7, 11) is 0. The number of amides is 2. The zero-order chi connectivity index (χ0) is 19.6. The van der Waals surface area contributed by atoms with Crippen LogP contribution in [-0.4, -0.2) is 27.2 Å². The lowest BCUT2D eigenvalue weighted by Gasteiger charge is -2.10. The third kappa shape index (κ3) is 4.00. The lowest BCUT2D eigenvalue weighted by molar-refractivity contribution is 0.0928. The molecule has 0 saturated carbocycles. The Bertz CT molecular complexity index is 986. The number of aryl methyl sites for hydroxylation is 2. The highest BCUT2D eigenvalue weighted by molar-refractivity contribution is 6.09. The SMILES string of the molecule is CCC(C)NC(=O)c1nc(C(=O)Nc2cc(C)cc(C)c2)c2ccccn12. The number of aromatic nitrogens is 2. The van der Waals surface area contributed by atoms with E-state index in [-0.39, 0.29) is 29.4 Å². The second kappa shape index (κ2) is 7.61. The lowest BCUT2D eigenvalue weighted by atomic mass is 10.1. The first-order valence-corrected chi connectivity index (χ1v) is 9.06. The molecular weight excluding hydrogens is 340 g/mol. The average Bonchev–Trinajstić information content (AvgIpc) is 3.00. The molecule has 2 N–H and O–H groups in total. The van der Waals surface area contributed by atoms with Crippen molar-refractivity contribution in [2.75, 3.05) is 5.32 Å². The summed E-state index contributed by atoms with van der Waals surface area (Å²) in [5.74, 6) is -0.432. The Kier molecular flexibility index (Phi) is 5.26. The molecule has 1 aromatic carbocycles. The van der Waals surface area contributed by atoms with Gasteiger partial charge >= 0.3 is 0 Å². The van der Waals surface area contributed by atoms with Crippen molar-refractivity contribution in [3.8, 4) is 0 Å². The highest BCUT2D eigenvalue weighted by Crippen LogP contribution is 2.18. The molecule has 6 nitrogen and oxygen atoms in total. The maximum atomic E-state index is 12.8. The van der Waals surface area contributed by atoms with Crippen LogP contribution in [0.15, 0.2) is 42.6 Å². The van der Waals surface area contributed by atoms with Crippen molar-refractivity contribution in [2.45, 2.75) is 40.2 Å². The van der Waals surface area contributed by atoms with Crippen molar-refractivity contribution in [1.82, 2.24) is 14.7 Å². The minimum atomic E-state index is -0.341. The maximum absolute atomic E-state index is 12.8. The summed E-state index contributed by atoms with van der Waals surface area (Å²) >= 11 is 0. The van der Waals surface area contributed by atoms with Gasteiger partial charge in [0.05, 0.1) is 5.52 Å². The predicted molar refractivity (Wildman–Crippen MR) is 106 cm³/mol. The monoisotopic (exact) mass is 364 g/mol. The van der Waals surface area contributed by atoms with E-state index in [1.807, 2.05) is 52.0 Å². The van der Waals surface area contributed by atoms with Gasteiger partial charge in [0, 0.05) is 17.9 Å². The fraction of sp³-hybridized carbons (Fsp3) is 0.286. The smallest absolute Gasteiger partial charge is 0.287 e. The molecule has 27 heavy (non-hydrogen) atoms. The summed E-state index contributed by atoms with van der Waals surface area (Å²) in [5.41, 5.74) is 3.65. The molecule has 3 rings (SSSR count). The molecule has 0 aliphatic heterocycles. The van der Waals surface area contributed by atoms with Crippen molar-refractivity contribution < 1.29 is 9.59 Å². The molecule has 0 bridgehead atoms. The lowest BCUT2D eigenvalue weighted by Crippen LogP contribution is -2.33. The van der Waals surface area contributed by atoms with E-state index < -0.39 is 0 Å². The van der Waals surface area contributed by atoms with Gasteiger partial charge in [0.25, 0.3) is 11.8 Å². The van der Waals surface area contributed by atoms with Gasteiger partial charge in [-0.15, -0.1) is 0 Å². The number of fused-ring (bicyclic) bond motifs is 1. The molecule has 1 unspecified atom stereocenters.